The van der Waals surface area contributed by atoms with Crippen molar-refractivity contribution in [1.82, 2.24) is 15.3 Å². The highest BCUT2D eigenvalue weighted by atomic mass is 35.5. The molecule has 0 radical (unpaired) electrons. The van der Waals surface area contributed by atoms with E-state index < -0.39 is 5.54 Å². The normalized spacial score (nSPS) is 28.5. The summed E-state index contributed by atoms with van der Waals surface area (Å²) in [7, 11) is 1.68. The predicted molar refractivity (Wildman–Crippen MR) is 130 cm³/mol. The van der Waals surface area contributed by atoms with E-state index in [0.717, 1.165) is 18.5 Å². The number of nitrogens with one attached hydrogen (secondary N) is 4. The average Bonchev–Trinajstić information content (AvgIpc) is 2.80. The van der Waals surface area contributed by atoms with Crippen molar-refractivity contribution in [3.63, 3.8) is 0 Å². The van der Waals surface area contributed by atoms with Gasteiger partial charge in [-0.3, -0.25) is 4.79 Å². The number of hydrogen-bond acceptors (Lipinski definition) is 8. The molecule has 34 heavy (non-hydrogen) atoms. The first-order chi connectivity index (χ1) is 16.1. The number of anilines is 4. The molecule has 3 fully saturated rings. The summed E-state index contributed by atoms with van der Waals surface area (Å²) in [5.74, 6) is 1.57. The van der Waals surface area contributed by atoms with Crippen LogP contribution in [0.5, 0.6) is 5.75 Å². The zero-order chi connectivity index (χ0) is 24.3. The molecule has 1 aromatic heterocycles. The largest absolute Gasteiger partial charge is 0.423 e. The predicted octanol–water partition coefficient (Wildman–Crippen LogP) is 3.80. The highest BCUT2D eigenvalue weighted by Crippen LogP contribution is 2.65. The molecule has 1 amide bonds. The number of carbonyl (C=O) groups is 2. The lowest BCUT2D eigenvalue weighted by Crippen LogP contribution is -2.69. The third kappa shape index (κ3) is 3.62. The van der Waals surface area contributed by atoms with Gasteiger partial charge in [0.05, 0.1) is 23.3 Å². The maximum atomic E-state index is 12.8. The van der Waals surface area contributed by atoms with Crippen molar-refractivity contribution < 1.29 is 14.3 Å². The smallest absolute Gasteiger partial charge is 0.330 e. The molecule has 180 valence electrons. The van der Waals surface area contributed by atoms with Crippen LogP contribution in [0.25, 0.3) is 0 Å². The van der Waals surface area contributed by atoms with Gasteiger partial charge < -0.3 is 26.0 Å². The molecule has 3 aliphatic carbocycles. The molecule has 4 atom stereocenters. The number of benzene rings is 1. The summed E-state index contributed by atoms with van der Waals surface area (Å²) >= 11 is 6.50. The number of amides is 1. The van der Waals surface area contributed by atoms with Crippen LogP contribution in [0.2, 0.25) is 5.02 Å². The molecule has 1 aromatic carbocycles. The number of fused-ring (bicyclic) bond motifs is 3. The molecular weight excluding hydrogens is 456 g/mol. The third-order valence-electron chi connectivity index (χ3n) is 8.02. The Kier molecular flexibility index (Phi) is 5.35. The summed E-state index contributed by atoms with van der Waals surface area (Å²) in [6, 6.07) is 5.38. The number of carbonyl (C=O) groups excluding carboxylic acids is 2. The molecule has 4 aliphatic rings. The lowest BCUT2D eigenvalue weighted by molar-refractivity contribution is -0.155. The van der Waals surface area contributed by atoms with Crippen molar-refractivity contribution in [3.8, 4) is 5.75 Å². The lowest BCUT2D eigenvalue weighted by Gasteiger charge is -2.66. The van der Waals surface area contributed by atoms with E-state index in [4.69, 9.17) is 16.3 Å². The second-order valence-electron chi connectivity index (χ2n) is 10.2. The van der Waals surface area contributed by atoms with E-state index in [-0.39, 0.29) is 29.8 Å². The Bertz CT molecular complexity index is 1170. The molecule has 3 saturated carbocycles. The van der Waals surface area contributed by atoms with Gasteiger partial charge in [0, 0.05) is 18.8 Å². The van der Waals surface area contributed by atoms with Crippen LogP contribution >= 0.6 is 11.6 Å². The monoisotopic (exact) mass is 484 g/mol. The van der Waals surface area contributed by atoms with Gasteiger partial charge in [0.25, 0.3) is 0 Å². The number of rotatable bonds is 5. The number of hydrogen-bond donors (Lipinski definition) is 4. The Labute approximate surface area is 203 Å². The second kappa shape index (κ2) is 8.01. The molecule has 4 N–H and O–H groups in total. The summed E-state index contributed by atoms with van der Waals surface area (Å²) in [6.07, 6.45) is 3.43. The Balaban J connectivity index is 1.42. The van der Waals surface area contributed by atoms with Crippen molar-refractivity contribution in [2.45, 2.75) is 39.2 Å². The van der Waals surface area contributed by atoms with E-state index >= 15 is 0 Å². The van der Waals surface area contributed by atoms with Gasteiger partial charge >= 0.3 is 5.97 Å². The summed E-state index contributed by atoms with van der Waals surface area (Å²) in [5.41, 5.74) is 1.02. The van der Waals surface area contributed by atoms with E-state index in [2.05, 4.69) is 52.0 Å². The molecule has 2 bridgehead atoms. The number of nitrogens with zero attached hydrogens (tertiary/aromatic N) is 2. The van der Waals surface area contributed by atoms with Crippen LogP contribution in [0.3, 0.4) is 0 Å². The Hall–Kier alpha value is -3.07. The maximum Gasteiger partial charge on any atom is 0.330 e. The summed E-state index contributed by atoms with van der Waals surface area (Å²) < 4.78 is 5.29. The number of aromatic nitrogens is 2. The number of ether oxygens (including phenoxy) is 1. The van der Waals surface area contributed by atoms with Gasteiger partial charge in [0.2, 0.25) is 11.9 Å². The van der Waals surface area contributed by atoms with Gasteiger partial charge in [-0.2, -0.15) is 4.98 Å². The molecule has 2 heterocycles. The molecule has 0 unspecified atom stereocenters. The van der Waals surface area contributed by atoms with Crippen LogP contribution in [0.1, 0.15) is 33.6 Å². The van der Waals surface area contributed by atoms with Crippen LogP contribution in [-0.2, 0) is 9.59 Å². The van der Waals surface area contributed by atoms with Gasteiger partial charge in [-0.1, -0.05) is 25.4 Å². The lowest BCUT2D eigenvalue weighted by atomic mass is 9.40. The molecule has 6 rings (SSSR count). The minimum absolute atomic E-state index is 0.0287. The van der Waals surface area contributed by atoms with Crippen LogP contribution in [0.4, 0.5) is 23.1 Å². The van der Waals surface area contributed by atoms with Crippen LogP contribution in [0, 0.1) is 23.2 Å². The summed E-state index contributed by atoms with van der Waals surface area (Å²) in [4.78, 5) is 33.3. The summed E-state index contributed by atoms with van der Waals surface area (Å²) in [5, 5.41) is 12.9. The van der Waals surface area contributed by atoms with Crippen molar-refractivity contribution in [3.05, 3.63) is 29.4 Å². The van der Waals surface area contributed by atoms with Crippen molar-refractivity contribution in [1.29, 1.82) is 0 Å². The van der Waals surface area contributed by atoms with E-state index in [0.29, 0.717) is 40.1 Å². The first-order valence-corrected chi connectivity index (χ1v) is 11.9. The van der Waals surface area contributed by atoms with Gasteiger partial charge in [-0.15, -0.1) is 0 Å². The summed E-state index contributed by atoms with van der Waals surface area (Å²) in [6.45, 7) is 6.80. The molecule has 1 aliphatic heterocycles. The first kappa shape index (κ1) is 22.7. The van der Waals surface area contributed by atoms with Crippen LogP contribution in [-0.4, -0.2) is 41.0 Å². The Morgan fingerprint density at radius 1 is 1.26 bits per heavy atom. The molecular formula is C24H29ClN6O3. The topological polar surface area (TPSA) is 117 Å². The quantitative estimate of drug-likeness (QED) is 0.374. The molecule has 0 spiro atoms. The van der Waals surface area contributed by atoms with Crippen LogP contribution in [0.15, 0.2) is 24.4 Å². The fraction of sp³-hybridized carbons (Fsp3) is 0.500. The highest BCUT2D eigenvalue weighted by molar-refractivity contribution is 6.32. The van der Waals surface area contributed by atoms with Gasteiger partial charge in [-0.05, 0) is 49.1 Å². The van der Waals surface area contributed by atoms with Crippen molar-refractivity contribution in [2.75, 3.05) is 29.5 Å². The van der Waals surface area contributed by atoms with E-state index in [1.807, 2.05) is 12.1 Å². The first-order valence-electron chi connectivity index (χ1n) is 11.5. The van der Waals surface area contributed by atoms with Gasteiger partial charge in [0.1, 0.15) is 11.6 Å². The standard InChI is InChI=1S/C24H29ClN6O3/c1-23(2)12-7-14(21(33)26-4)24(3,18(23)8-12)31-20-15(25)10-28-22(30-20)29-13-5-6-16-17(9-13)34-19(32)11-27-16/h5-6,9-10,12,14,18,27H,7-8,11H2,1-4H3,(H,26,33)(H2,28,29,30,31)/t12-,14-,18-,24+/m1/s1. The van der Waals surface area contributed by atoms with Gasteiger partial charge in [-0.25, -0.2) is 9.78 Å². The molecule has 9 nitrogen and oxygen atoms in total. The minimum Gasteiger partial charge on any atom is -0.423 e. The number of halogens is 1. The van der Waals surface area contributed by atoms with Gasteiger partial charge in [0.15, 0.2) is 11.6 Å². The Morgan fingerprint density at radius 3 is 2.79 bits per heavy atom. The van der Waals surface area contributed by atoms with E-state index in [1.54, 1.807) is 13.1 Å². The molecule has 0 saturated heterocycles. The average molecular weight is 485 g/mol. The van der Waals surface area contributed by atoms with E-state index in [1.165, 1.54) is 6.20 Å². The minimum atomic E-state index is -0.515. The van der Waals surface area contributed by atoms with Crippen molar-refractivity contribution >= 4 is 46.6 Å². The second-order valence-corrected chi connectivity index (χ2v) is 10.6. The molecule has 10 heteroatoms. The fourth-order valence-corrected chi connectivity index (χ4v) is 6.13. The fourth-order valence-electron chi connectivity index (χ4n) is 5.99. The third-order valence-corrected chi connectivity index (χ3v) is 8.29. The zero-order valence-electron chi connectivity index (χ0n) is 19.7. The zero-order valence-corrected chi connectivity index (χ0v) is 20.4. The number of esters is 1. The van der Waals surface area contributed by atoms with Crippen molar-refractivity contribution in [2.24, 2.45) is 23.2 Å². The SMILES string of the molecule is CNC(=O)[C@H]1C[C@@H]2C[C@H](C2(C)C)[C@@]1(C)Nc1nc(Nc2ccc3c(c2)OC(=O)CN3)ncc1Cl. The molecule has 2 aromatic rings. The maximum absolute atomic E-state index is 12.8. The van der Waals surface area contributed by atoms with E-state index in [9.17, 15) is 9.59 Å². The Morgan fingerprint density at radius 2 is 2.06 bits per heavy atom. The van der Waals surface area contributed by atoms with Crippen LogP contribution < -0.4 is 26.0 Å². The highest BCUT2D eigenvalue weighted by Gasteiger charge is 2.64.